The molecule has 23 heavy (non-hydrogen) atoms. The molecular formula is C18H12N2O2S. The molecule has 0 aliphatic carbocycles. The van der Waals surface area contributed by atoms with E-state index in [-0.39, 0.29) is 11.1 Å². The average Bonchev–Trinajstić information content (AvgIpc) is 3.09. The highest BCUT2D eigenvalue weighted by molar-refractivity contribution is 8.18. The van der Waals surface area contributed by atoms with Crippen LogP contribution in [0.25, 0.3) is 28.2 Å². The van der Waals surface area contributed by atoms with Gasteiger partial charge in [0, 0.05) is 16.5 Å². The Morgan fingerprint density at radius 2 is 1.65 bits per heavy atom. The Morgan fingerprint density at radius 3 is 2.39 bits per heavy atom. The van der Waals surface area contributed by atoms with E-state index >= 15 is 0 Å². The van der Waals surface area contributed by atoms with Crippen molar-refractivity contribution in [1.29, 1.82) is 0 Å². The van der Waals surface area contributed by atoms with Crippen LogP contribution in [0.2, 0.25) is 0 Å². The molecule has 112 valence electrons. The van der Waals surface area contributed by atoms with Gasteiger partial charge in [0.25, 0.3) is 11.1 Å². The molecule has 0 atom stereocenters. The van der Waals surface area contributed by atoms with Crippen LogP contribution in [0.4, 0.5) is 4.79 Å². The highest BCUT2D eigenvalue weighted by Gasteiger charge is 2.26. The van der Waals surface area contributed by atoms with Crippen LogP contribution in [-0.4, -0.2) is 16.1 Å². The SMILES string of the molecule is O=C1NC(=O)/C(=C/c2c(-c3ccccc3)[nH]c3ccccc23)S1. The van der Waals surface area contributed by atoms with Gasteiger partial charge in [0.05, 0.1) is 10.6 Å². The molecule has 0 unspecified atom stereocenters. The Hall–Kier alpha value is -2.79. The molecule has 0 saturated carbocycles. The van der Waals surface area contributed by atoms with Gasteiger partial charge in [-0.2, -0.15) is 0 Å². The van der Waals surface area contributed by atoms with Crippen molar-refractivity contribution in [2.45, 2.75) is 0 Å². The van der Waals surface area contributed by atoms with E-state index in [0.29, 0.717) is 4.91 Å². The Morgan fingerprint density at radius 1 is 0.913 bits per heavy atom. The zero-order valence-electron chi connectivity index (χ0n) is 12.0. The second kappa shape index (κ2) is 5.44. The lowest BCUT2D eigenvalue weighted by Gasteiger charge is -2.01. The van der Waals surface area contributed by atoms with Gasteiger partial charge in [-0.15, -0.1) is 0 Å². The first-order valence-corrected chi connectivity index (χ1v) is 7.95. The molecule has 5 heteroatoms. The van der Waals surface area contributed by atoms with Crippen LogP contribution in [0.3, 0.4) is 0 Å². The number of hydrogen-bond donors (Lipinski definition) is 2. The minimum atomic E-state index is -0.343. The van der Waals surface area contributed by atoms with Crippen LogP contribution in [0.5, 0.6) is 0 Å². The van der Waals surface area contributed by atoms with Gasteiger partial charge in [-0.05, 0) is 29.5 Å². The Bertz CT molecular complexity index is 958. The largest absolute Gasteiger partial charge is 0.354 e. The van der Waals surface area contributed by atoms with Crippen LogP contribution in [-0.2, 0) is 4.79 Å². The lowest BCUT2D eigenvalue weighted by atomic mass is 10.0. The smallest absolute Gasteiger partial charge is 0.290 e. The number of aromatic amines is 1. The van der Waals surface area contributed by atoms with Crippen LogP contribution in [0.1, 0.15) is 5.56 Å². The van der Waals surface area contributed by atoms with E-state index in [2.05, 4.69) is 10.3 Å². The molecule has 1 aliphatic rings. The predicted octanol–water partition coefficient (Wildman–Crippen LogP) is 4.16. The summed E-state index contributed by atoms with van der Waals surface area (Å²) in [4.78, 5) is 27.1. The molecule has 0 spiro atoms. The second-order valence-electron chi connectivity index (χ2n) is 5.18. The molecule has 1 saturated heterocycles. The fraction of sp³-hybridized carbons (Fsp3) is 0. The number of para-hydroxylation sites is 1. The van der Waals surface area contributed by atoms with Crippen LogP contribution < -0.4 is 5.32 Å². The van der Waals surface area contributed by atoms with E-state index in [4.69, 9.17) is 0 Å². The van der Waals surface area contributed by atoms with E-state index in [0.717, 1.165) is 39.5 Å². The molecule has 0 radical (unpaired) electrons. The normalized spacial score (nSPS) is 16.3. The molecule has 4 nitrogen and oxygen atoms in total. The number of benzene rings is 2. The van der Waals surface area contributed by atoms with Crippen molar-refractivity contribution in [2.75, 3.05) is 0 Å². The number of H-pyrrole nitrogens is 1. The zero-order valence-corrected chi connectivity index (χ0v) is 12.8. The van der Waals surface area contributed by atoms with Crippen LogP contribution in [0.15, 0.2) is 59.5 Å². The maximum Gasteiger partial charge on any atom is 0.290 e. The summed E-state index contributed by atoms with van der Waals surface area (Å²) in [5.41, 5.74) is 3.88. The maximum absolute atomic E-state index is 11.9. The summed E-state index contributed by atoms with van der Waals surface area (Å²) < 4.78 is 0. The summed E-state index contributed by atoms with van der Waals surface area (Å²) in [6, 6.07) is 17.9. The van der Waals surface area contributed by atoms with Gasteiger partial charge in [-0.25, -0.2) is 0 Å². The molecule has 1 fully saturated rings. The standard InChI is InChI=1S/C18H12N2O2S/c21-17-15(23-18(22)20-17)10-13-12-8-4-5-9-14(12)19-16(13)11-6-2-1-3-7-11/h1-10,19H,(H,20,21,22)/b15-10-. The highest BCUT2D eigenvalue weighted by atomic mass is 32.2. The average molecular weight is 320 g/mol. The first kappa shape index (κ1) is 13.8. The van der Waals surface area contributed by atoms with E-state index in [1.807, 2.05) is 54.6 Å². The van der Waals surface area contributed by atoms with E-state index in [9.17, 15) is 9.59 Å². The third kappa shape index (κ3) is 2.45. The van der Waals surface area contributed by atoms with Gasteiger partial charge in [-0.1, -0.05) is 48.5 Å². The quantitative estimate of drug-likeness (QED) is 0.697. The Balaban J connectivity index is 1.95. The summed E-state index contributed by atoms with van der Waals surface area (Å²) in [6.07, 6.45) is 1.78. The molecule has 1 aliphatic heterocycles. The van der Waals surface area contributed by atoms with Crippen LogP contribution >= 0.6 is 11.8 Å². The summed E-state index contributed by atoms with van der Waals surface area (Å²) >= 11 is 0.932. The molecule has 2 aromatic carbocycles. The summed E-state index contributed by atoms with van der Waals surface area (Å²) in [5, 5.41) is 2.98. The number of fused-ring (bicyclic) bond motifs is 1. The van der Waals surface area contributed by atoms with Crippen LogP contribution in [0, 0.1) is 0 Å². The molecule has 0 bridgehead atoms. The van der Waals surface area contributed by atoms with E-state index < -0.39 is 0 Å². The minimum absolute atomic E-state index is 0.331. The molecule has 2 N–H and O–H groups in total. The fourth-order valence-electron chi connectivity index (χ4n) is 2.70. The number of aromatic nitrogens is 1. The van der Waals surface area contributed by atoms with E-state index in [1.165, 1.54) is 0 Å². The topological polar surface area (TPSA) is 62.0 Å². The van der Waals surface area contributed by atoms with Gasteiger partial charge in [0.15, 0.2) is 0 Å². The van der Waals surface area contributed by atoms with E-state index in [1.54, 1.807) is 6.08 Å². The molecule has 2 heterocycles. The third-order valence-electron chi connectivity index (χ3n) is 3.73. The number of thioether (sulfide) groups is 1. The lowest BCUT2D eigenvalue weighted by molar-refractivity contribution is -0.115. The fourth-order valence-corrected chi connectivity index (χ4v) is 3.36. The maximum atomic E-state index is 11.9. The highest BCUT2D eigenvalue weighted by Crippen LogP contribution is 2.34. The molecule has 3 aromatic rings. The van der Waals surface area contributed by atoms with Crippen molar-refractivity contribution < 1.29 is 9.59 Å². The van der Waals surface area contributed by atoms with Crippen molar-refractivity contribution >= 4 is 39.9 Å². The molecule has 2 amide bonds. The molecular weight excluding hydrogens is 308 g/mol. The molecule has 4 rings (SSSR count). The minimum Gasteiger partial charge on any atom is -0.354 e. The Labute approximate surface area is 136 Å². The first-order valence-electron chi connectivity index (χ1n) is 7.13. The summed E-state index contributed by atoms with van der Waals surface area (Å²) in [5.74, 6) is -0.343. The third-order valence-corrected chi connectivity index (χ3v) is 4.54. The number of carbonyl (C=O) groups is 2. The number of amides is 2. The van der Waals surface area contributed by atoms with Gasteiger partial charge >= 0.3 is 0 Å². The number of hydrogen-bond acceptors (Lipinski definition) is 3. The number of nitrogens with one attached hydrogen (secondary N) is 2. The Kier molecular flexibility index (Phi) is 3.28. The van der Waals surface area contributed by atoms with Gasteiger partial charge in [0.1, 0.15) is 0 Å². The zero-order chi connectivity index (χ0) is 15.8. The van der Waals surface area contributed by atoms with Gasteiger partial charge < -0.3 is 4.98 Å². The number of imide groups is 1. The first-order chi connectivity index (χ1) is 11.2. The number of carbonyl (C=O) groups excluding carboxylic acids is 2. The summed E-state index contributed by atoms with van der Waals surface area (Å²) in [7, 11) is 0. The van der Waals surface area contributed by atoms with Crippen molar-refractivity contribution in [1.82, 2.24) is 10.3 Å². The second-order valence-corrected chi connectivity index (χ2v) is 6.19. The lowest BCUT2D eigenvalue weighted by Crippen LogP contribution is -2.17. The number of rotatable bonds is 2. The molecule has 1 aromatic heterocycles. The van der Waals surface area contributed by atoms with Crippen molar-refractivity contribution in [3.8, 4) is 11.3 Å². The van der Waals surface area contributed by atoms with Gasteiger partial charge in [0.2, 0.25) is 0 Å². The van der Waals surface area contributed by atoms with Crippen molar-refractivity contribution in [3.63, 3.8) is 0 Å². The summed E-state index contributed by atoms with van der Waals surface area (Å²) in [6.45, 7) is 0. The predicted molar refractivity (Wildman–Crippen MR) is 92.8 cm³/mol. The monoisotopic (exact) mass is 320 g/mol. The van der Waals surface area contributed by atoms with Crippen molar-refractivity contribution in [3.05, 3.63) is 65.1 Å². The van der Waals surface area contributed by atoms with Gasteiger partial charge in [-0.3, -0.25) is 14.9 Å². The van der Waals surface area contributed by atoms with Crippen molar-refractivity contribution in [2.24, 2.45) is 0 Å².